The van der Waals surface area contributed by atoms with Crippen LogP contribution >= 0.6 is 0 Å². The summed E-state index contributed by atoms with van der Waals surface area (Å²) >= 11 is 0. The standard InChI is InChI=1S/C22H18O3/c1-14-8-4-5-9-17(14)12-19(16(3)23)15(2)20-13-18-10-6-7-11-21(18)25-22(20)24/h4-13H,2H2,1,3H3/b19-12-. The summed E-state index contributed by atoms with van der Waals surface area (Å²) < 4.78 is 5.36. The van der Waals surface area contributed by atoms with Crippen molar-refractivity contribution in [2.75, 3.05) is 0 Å². The lowest BCUT2D eigenvalue weighted by Gasteiger charge is -2.09. The first kappa shape index (κ1) is 16.7. The molecule has 25 heavy (non-hydrogen) atoms. The summed E-state index contributed by atoms with van der Waals surface area (Å²) in [6.07, 6.45) is 1.77. The van der Waals surface area contributed by atoms with Gasteiger partial charge in [0.2, 0.25) is 0 Å². The highest BCUT2D eigenvalue weighted by Crippen LogP contribution is 2.25. The van der Waals surface area contributed by atoms with E-state index in [-0.39, 0.29) is 5.78 Å². The molecule has 3 aromatic rings. The minimum Gasteiger partial charge on any atom is -0.422 e. The molecule has 0 aliphatic carbocycles. The highest BCUT2D eigenvalue weighted by atomic mass is 16.4. The van der Waals surface area contributed by atoms with E-state index in [1.165, 1.54) is 6.92 Å². The van der Waals surface area contributed by atoms with Crippen molar-refractivity contribution in [2.24, 2.45) is 0 Å². The number of aryl methyl sites for hydroxylation is 1. The number of carbonyl (C=O) groups excluding carboxylic acids is 1. The van der Waals surface area contributed by atoms with Gasteiger partial charge in [0, 0.05) is 11.0 Å². The molecule has 3 nitrogen and oxygen atoms in total. The molecule has 0 spiro atoms. The summed E-state index contributed by atoms with van der Waals surface area (Å²) in [4.78, 5) is 24.5. The van der Waals surface area contributed by atoms with E-state index in [1.54, 1.807) is 24.3 Å². The Morgan fingerprint density at radius 2 is 1.76 bits per heavy atom. The van der Waals surface area contributed by atoms with Gasteiger partial charge in [0.15, 0.2) is 5.78 Å². The first-order chi connectivity index (χ1) is 12.0. The van der Waals surface area contributed by atoms with Crippen molar-refractivity contribution in [3.63, 3.8) is 0 Å². The Kier molecular flexibility index (Phi) is 4.48. The van der Waals surface area contributed by atoms with Crippen LogP contribution < -0.4 is 5.63 Å². The van der Waals surface area contributed by atoms with E-state index in [4.69, 9.17) is 4.42 Å². The van der Waals surface area contributed by atoms with Crippen molar-refractivity contribution in [2.45, 2.75) is 13.8 Å². The Hall–Kier alpha value is -3.20. The second-order valence-electron chi connectivity index (χ2n) is 5.93. The van der Waals surface area contributed by atoms with Gasteiger partial charge in [0.1, 0.15) is 5.58 Å². The first-order valence-corrected chi connectivity index (χ1v) is 7.98. The van der Waals surface area contributed by atoms with Gasteiger partial charge in [-0.25, -0.2) is 4.79 Å². The molecule has 124 valence electrons. The maximum Gasteiger partial charge on any atom is 0.344 e. The average Bonchev–Trinajstić information content (AvgIpc) is 2.59. The normalized spacial score (nSPS) is 11.5. The Morgan fingerprint density at radius 1 is 1.08 bits per heavy atom. The fourth-order valence-corrected chi connectivity index (χ4v) is 2.72. The van der Waals surface area contributed by atoms with Crippen LogP contribution in [0.3, 0.4) is 0 Å². The van der Waals surface area contributed by atoms with Crippen LogP contribution in [0, 0.1) is 6.92 Å². The molecule has 0 saturated heterocycles. The Labute approximate surface area is 145 Å². The Morgan fingerprint density at radius 3 is 2.48 bits per heavy atom. The zero-order valence-electron chi connectivity index (χ0n) is 14.2. The van der Waals surface area contributed by atoms with E-state index in [1.807, 2.05) is 43.3 Å². The largest absolute Gasteiger partial charge is 0.422 e. The van der Waals surface area contributed by atoms with Crippen molar-refractivity contribution in [3.05, 3.63) is 93.9 Å². The predicted octanol–water partition coefficient (Wildman–Crippen LogP) is 4.79. The second-order valence-corrected chi connectivity index (χ2v) is 5.93. The summed E-state index contributed by atoms with van der Waals surface area (Å²) in [6.45, 7) is 7.43. The third-order valence-corrected chi connectivity index (χ3v) is 4.16. The van der Waals surface area contributed by atoms with Gasteiger partial charge in [-0.05, 0) is 48.8 Å². The molecule has 0 aliphatic rings. The number of hydrogen-bond donors (Lipinski definition) is 0. The average molecular weight is 330 g/mol. The molecule has 0 saturated carbocycles. The molecule has 0 atom stereocenters. The van der Waals surface area contributed by atoms with Gasteiger partial charge in [-0.1, -0.05) is 49.0 Å². The molecular formula is C22H18O3. The molecule has 0 fully saturated rings. The SMILES string of the molecule is C=C(/C(=C/c1ccccc1C)C(C)=O)c1cc2ccccc2oc1=O. The molecule has 0 bridgehead atoms. The first-order valence-electron chi connectivity index (χ1n) is 7.98. The van der Waals surface area contributed by atoms with Crippen molar-refractivity contribution in [1.29, 1.82) is 0 Å². The number of Topliss-reactive ketones (excluding diaryl/α,β-unsaturated/α-hetero) is 1. The lowest BCUT2D eigenvalue weighted by Crippen LogP contribution is -2.10. The van der Waals surface area contributed by atoms with Gasteiger partial charge in [0.05, 0.1) is 5.56 Å². The number of allylic oxidation sites excluding steroid dienone is 2. The van der Waals surface area contributed by atoms with E-state index in [0.29, 0.717) is 22.3 Å². The van der Waals surface area contributed by atoms with Crippen molar-refractivity contribution < 1.29 is 9.21 Å². The van der Waals surface area contributed by atoms with Crippen LogP contribution in [0.4, 0.5) is 0 Å². The number of carbonyl (C=O) groups is 1. The fourth-order valence-electron chi connectivity index (χ4n) is 2.72. The van der Waals surface area contributed by atoms with Gasteiger partial charge in [-0.15, -0.1) is 0 Å². The van der Waals surface area contributed by atoms with Gasteiger partial charge in [-0.2, -0.15) is 0 Å². The number of para-hydroxylation sites is 1. The summed E-state index contributed by atoms with van der Waals surface area (Å²) in [7, 11) is 0. The second kappa shape index (κ2) is 6.73. The van der Waals surface area contributed by atoms with Gasteiger partial charge >= 0.3 is 5.63 Å². The van der Waals surface area contributed by atoms with Crippen LogP contribution in [0.2, 0.25) is 0 Å². The smallest absolute Gasteiger partial charge is 0.344 e. The van der Waals surface area contributed by atoms with E-state index in [0.717, 1.165) is 16.5 Å². The van der Waals surface area contributed by atoms with Crippen molar-refractivity contribution >= 4 is 28.4 Å². The highest BCUT2D eigenvalue weighted by molar-refractivity contribution is 6.12. The molecule has 0 unspecified atom stereocenters. The topological polar surface area (TPSA) is 47.3 Å². The molecule has 0 aliphatic heterocycles. The van der Waals surface area contributed by atoms with Crippen molar-refractivity contribution in [1.82, 2.24) is 0 Å². The maximum absolute atomic E-state index is 12.4. The van der Waals surface area contributed by atoms with E-state index in [9.17, 15) is 9.59 Å². The number of fused-ring (bicyclic) bond motifs is 1. The van der Waals surface area contributed by atoms with E-state index < -0.39 is 5.63 Å². The van der Waals surface area contributed by atoms with Crippen LogP contribution in [0.1, 0.15) is 23.6 Å². The van der Waals surface area contributed by atoms with E-state index >= 15 is 0 Å². The summed E-state index contributed by atoms with van der Waals surface area (Å²) in [6, 6.07) is 16.7. The van der Waals surface area contributed by atoms with Gasteiger partial charge in [-0.3, -0.25) is 4.79 Å². The number of benzene rings is 2. The molecule has 3 heteroatoms. The maximum atomic E-state index is 12.4. The number of rotatable bonds is 4. The van der Waals surface area contributed by atoms with Crippen LogP contribution in [0.15, 0.2) is 76.0 Å². The molecule has 0 N–H and O–H groups in total. The minimum atomic E-state index is -0.499. The molecule has 0 amide bonds. The van der Waals surface area contributed by atoms with Crippen LogP contribution in [-0.2, 0) is 4.79 Å². The summed E-state index contributed by atoms with van der Waals surface area (Å²) in [5, 5.41) is 0.789. The molecule has 2 aromatic carbocycles. The molecular weight excluding hydrogens is 312 g/mol. The third kappa shape index (κ3) is 3.36. The van der Waals surface area contributed by atoms with Crippen LogP contribution in [0.25, 0.3) is 22.6 Å². The monoisotopic (exact) mass is 330 g/mol. The third-order valence-electron chi connectivity index (χ3n) is 4.16. The zero-order valence-corrected chi connectivity index (χ0v) is 14.2. The summed E-state index contributed by atoms with van der Waals surface area (Å²) in [5.41, 5.74) is 3.04. The van der Waals surface area contributed by atoms with Crippen LogP contribution in [-0.4, -0.2) is 5.78 Å². The molecule has 1 aromatic heterocycles. The molecule has 3 rings (SSSR count). The molecule has 0 radical (unpaired) electrons. The lowest BCUT2D eigenvalue weighted by atomic mass is 9.94. The zero-order chi connectivity index (χ0) is 18.0. The molecule has 1 heterocycles. The lowest BCUT2D eigenvalue weighted by molar-refractivity contribution is -0.113. The van der Waals surface area contributed by atoms with Crippen LogP contribution in [0.5, 0.6) is 0 Å². The van der Waals surface area contributed by atoms with Gasteiger partial charge in [0.25, 0.3) is 0 Å². The fraction of sp³-hybridized carbons (Fsp3) is 0.0909. The van der Waals surface area contributed by atoms with Crippen molar-refractivity contribution in [3.8, 4) is 0 Å². The predicted molar refractivity (Wildman–Crippen MR) is 101 cm³/mol. The summed E-state index contributed by atoms with van der Waals surface area (Å²) in [5.74, 6) is -0.152. The van der Waals surface area contributed by atoms with Gasteiger partial charge < -0.3 is 4.42 Å². The number of ketones is 1. The quantitative estimate of drug-likeness (QED) is 0.393. The minimum absolute atomic E-state index is 0.152. The van der Waals surface area contributed by atoms with E-state index in [2.05, 4.69) is 6.58 Å². The number of hydrogen-bond acceptors (Lipinski definition) is 3. The Balaban J connectivity index is 2.14. The Bertz CT molecular complexity index is 1070. The highest BCUT2D eigenvalue weighted by Gasteiger charge is 2.16.